The van der Waals surface area contributed by atoms with Gasteiger partial charge in [0, 0.05) is 10.6 Å². The van der Waals surface area contributed by atoms with Crippen LogP contribution in [0.2, 0.25) is 0 Å². The Bertz CT molecular complexity index is 1120. The standard InChI is InChI=1S/C24H23N3OS/c1-16-7-12-20-21(13-16)29-24-22(20)23(25-15-26-24)27-18-8-10-19(11-9-18)28-14-17-5-3-2-4-6-17/h2-6,8-11,15-16H,7,12-14H2,1H3,(H,25,26,27)/t16-/m1/s1. The van der Waals surface area contributed by atoms with Gasteiger partial charge in [0.1, 0.15) is 29.3 Å². The summed E-state index contributed by atoms with van der Waals surface area (Å²) in [6, 6.07) is 18.3. The van der Waals surface area contributed by atoms with Crippen LogP contribution in [0.15, 0.2) is 60.9 Å². The van der Waals surface area contributed by atoms with Gasteiger partial charge in [0.25, 0.3) is 0 Å². The van der Waals surface area contributed by atoms with Crippen molar-refractivity contribution in [2.24, 2.45) is 5.92 Å². The molecular weight excluding hydrogens is 378 g/mol. The molecule has 0 amide bonds. The summed E-state index contributed by atoms with van der Waals surface area (Å²) in [4.78, 5) is 11.6. The SMILES string of the molecule is C[C@@H]1CCc2c(sc3ncnc(Nc4ccc(OCc5ccccc5)cc4)c23)C1. The second-order valence-corrected chi connectivity index (χ2v) is 8.76. The Balaban J connectivity index is 1.34. The lowest BCUT2D eigenvalue weighted by Gasteiger charge is -2.18. The van der Waals surface area contributed by atoms with Crippen LogP contribution in [-0.2, 0) is 19.4 Å². The molecular formula is C24H23N3OS. The van der Waals surface area contributed by atoms with Crippen LogP contribution in [0.5, 0.6) is 5.75 Å². The average Bonchev–Trinajstić information content (AvgIpc) is 3.12. The topological polar surface area (TPSA) is 47.0 Å². The molecule has 0 saturated carbocycles. The summed E-state index contributed by atoms with van der Waals surface area (Å²) >= 11 is 1.82. The molecule has 0 radical (unpaired) electrons. The van der Waals surface area contributed by atoms with Crippen molar-refractivity contribution in [1.29, 1.82) is 0 Å². The van der Waals surface area contributed by atoms with Crippen LogP contribution >= 0.6 is 11.3 Å². The Morgan fingerprint density at radius 1 is 1.07 bits per heavy atom. The van der Waals surface area contributed by atoms with Crippen molar-refractivity contribution in [2.75, 3.05) is 5.32 Å². The number of nitrogens with one attached hydrogen (secondary N) is 1. The van der Waals surface area contributed by atoms with Gasteiger partial charge < -0.3 is 10.1 Å². The monoisotopic (exact) mass is 401 g/mol. The minimum Gasteiger partial charge on any atom is -0.489 e. The van der Waals surface area contributed by atoms with Crippen molar-refractivity contribution in [2.45, 2.75) is 32.8 Å². The van der Waals surface area contributed by atoms with E-state index in [0.29, 0.717) is 6.61 Å². The van der Waals surface area contributed by atoms with E-state index in [1.807, 2.05) is 53.8 Å². The number of anilines is 2. The van der Waals surface area contributed by atoms with E-state index < -0.39 is 0 Å². The van der Waals surface area contributed by atoms with E-state index in [9.17, 15) is 0 Å². The lowest BCUT2D eigenvalue weighted by molar-refractivity contribution is 0.306. The van der Waals surface area contributed by atoms with E-state index in [-0.39, 0.29) is 0 Å². The van der Waals surface area contributed by atoms with Crippen LogP contribution in [-0.4, -0.2) is 9.97 Å². The molecule has 4 aromatic rings. The lowest BCUT2D eigenvalue weighted by Crippen LogP contribution is -2.09. The zero-order valence-electron chi connectivity index (χ0n) is 16.4. The minimum absolute atomic E-state index is 0.569. The molecule has 0 unspecified atom stereocenters. The molecule has 1 N–H and O–H groups in total. The Kier molecular flexibility index (Phi) is 4.90. The summed E-state index contributed by atoms with van der Waals surface area (Å²) in [5, 5.41) is 4.69. The molecule has 0 bridgehead atoms. The van der Waals surface area contributed by atoms with Gasteiger partial charge in [-0.3, -0.25) is 0 Å². The molecule has 1 atom stereocenters. The fourth-order valence-electron chi connectivity index (χ4n) is 3.88. The number of nitrogens with zero attached hydrogens (tertiary/aromatic N) is 2. The fraction of sp³-hybridized carbons (Fsp3) is 0.250. The molecule has 2 heterocycles. The third kappa shape index (κ3) is 3.83. The molecule has 0 fully saturated rings. The van der Waals surface area contributed by atoms with Gasteiger partial charge in [-0.05, 0) is 60.6 Å². The molecule has 146 valence electrons. The highest BCUT2D eigenvalue weighted by Crippen LogP contribution is 2.40. The first-order chi connectivity index (χ1) is 14.3. The maximum Gasteiger partial charge on any atom is 0.142 e. The van der Waals surface area contributed by atoms with Crippen LogP contribution < -0.4 is 10.1 Å². The third-order valence-electron chi connectivity index (χ3n) is 5.46. The first-order valence-corrected chi connectivity index (χ1v) is 10.9. The van der Waals surface area contributed by atoms with Gasteiger partial charge in [-0.2, -0.15) is 0 Å². The number of ether oxygens (including phenoxy) is 1. The molecule has 29 heavy (non-hydrogen) atoms. The quantitative estimate of drug-likeness (QED) is 0.436. The highest BCUT2D eigenvalue weighted by molar-refractivity contribution is 7.19. The van der Waals surface area contributed by atoms with E-state index in [2.05, 4.69) is 34.3 Å². The number of rotatable bonds is 5. The summed E-state index contributed by atoms with van der Waals surface area (Å²) in [5.41, 5.74) is 3.60. The molecule has 5 heteroatoms. The maximum atomic E-state index is 5.89. The molecule has 0 spiro atoms. The van der Waals surface area contributed by atoms with E-state index in [1.165, 1.54) is 22.2 Å². The molecule has 2 aromatic heterocycles. The largest absolute Gasteiger partial charge is 0.489 e. The number of thiophene rings is 1. The van der Waals surface area contributed by atoms with Gasteiger partial charge in [0.2, 0.25) is 0 Å². The van der Waals surface area contributed by atoms with Crippen molar-refractivity contribution in [3.63, 3.8) is 0 Å². The first-order valence-electron chi connectivity index (χ1n) is 10.1. The molecule has 1 aliphatic carbocycles. The minimum atomic E-state index is 0.569. The van der Waals surface area contributed by atoms with Gasteiger partial charge in [0.05, 0.1) is 5.39 Å². The van der Waals surface area contributed by atoms with Crippen molar-refractivity contribution in [3.8, 4) is 5.75 Å². The molecule has 0 saturated heterocycles. The van der Waals surface area contributed by atoms with E-state index in [1.54, 1.807) is 6.33 Å². The normalized spacial score (nSPS) is 15.8. The highest BCUT2D eigenvalue weighted by atomic mass is 32.1. The number of hydrogen-bond donors (Lipinski definition) is 1. The molecule has 4 nitrogen and oxygen atoms in total. The van der Waals surface area contributed by atoms with Crippen molar-refractivity contribution < 1.29 is 4.74 Å². The summed E-state index contributed by atoms with van der Waals surface area (Å²) in [7, 11) is 0. The Labute approximate surface area is 174 Å². The Morgan fingerprint density at radius 2 is 1.90 bits per heavy atom. The third-order valence-corrected chi connectivity index (χ3v) is 6.62. The van der Waals surface area contributed by atoms with Gasteiger partial charge in [-0.15, -0.1) is 11.3 Å². The molecule has 2 aromatic carbocycles. The number of benzene rings is 2. The first kappa shape index (κ1) is 18.1. The van der Waals surface area contributed by atoms with Gasteiger partial charge in [-0.1, -0.05) is 37.3 Å². The van der Waals surface area contributed by atoms with E-state index in [0.717, 1.165) is 46.4 Å². The number of hydrogen-bond acceptors (Lipinski definition) is 5. The summed E-state index contributed by atoms with van der Waals surface area (Å²) in [6.07, 6.45) is 5.17. The number of aromatic nitrogens is 2. The second-order valence-electron chi connectivity index (χ2n) is 7.68. The molecule has 0 aliphatic heterocycles. The van der Waals surface area contributed by atoms with Gasteiger partial charge in [-0.25, -0.2) is 9.97 Å². The Hall–Kier alpha value is -2.92. The van der Waals surface area contributed by atoms with Crippen molar-refractivity contribution >= 4 is 33.1 Å². The smallest absolute Gasteiger partial charge is 0.142 e. The second kappa shape index (κ2) is 7.84. The lowest BCUT2D eigenvalue weighted by atomic mass is 9.89. The number of aryl methyl sites for hydroxylation is 1. The van der Waals surface area contributed by atoms with Crippen LogP contribution in [0, 0.1) is 5.92 Å². The highest BCUT2D eigenvalue weighted by Gasteiger charge is 2.23. The predicted octanol–water partition coefficient (Wildman–Crippen LogP) is 6.14. The number of fused-ring (bicyclic) bond motifs is 3. The van der Waals surface area contributed by atoms with E-state index in [4.69, 9.17) is 4.74 Å². The van der Waals surface area contributed by atoms with Gasteiger partial charge >= 0.3 is 0 Å². The van der Waals surface area contributed by atoms with Gasteiger partial charge in [0.15, 0.2) is 0 Å². The zero-order chi connectivity index (χ0) is 19.6. The van der Waals surface area contributed by atoms with E-state index >= 15 is 0 Å². The van der Waals surface area contributed by atoms with Crippen LogP contribution in [0.4, 0.5) is 11.5 Å². The molecule has 1 aliphatic rings. The van der Waals surface area contributed by atoms with Crippen molar-refractivity contribution in [3.05, 3.63) is 76.9 Å². The van der Waals surface area contributed by atoms with Crippen LogP contribution in [0.3, 0.4) is 0 Å². The average molecular weight is 402 g/mol. The van der Waals surface area contributed by atoms with Crippen LogP contribution in [0.1, 0.15) is 29.3 Å². The Morgan fingerprint density at radius 3 is 2.72 bits per heavy atom. The summed E-state index contributed by atoms with van der Waals surface area (Å²) in [5.74, 6) is 2.51. The predicted molar refractivity (Wildman–Crippen MR) is 119 cm³/mol. The van der Waals surface area contributed by atoms with Crippen molar-refractivity contribution in [1.82, 2.24) is 9.97 Å². The van der Waals surface area contributed by atoms with Crippen LogP contribution in [0.25, 0.3) is 10.2 Å². The maximum absolute atomic E-state index is 5.89. The summed E-state index contributed by atoms with van der Waals surface area (Å²) < 4.78 is 5.89. The fourth-order valence-corrected chi connectivity index (χ4v) is 5.23. The molecule has 5 rings (SSSR count). The zero-order valence-corrected chi connectivity index (χ0v) is 17.2. The summed E-state index contributed by atoms with van der Waals surface area (Å²) in [6.45, 7) is 2.90.